The molecular weight excluding hydrogens is 342 g/mol. The van der Waals surface area contributed by atoms with E-state index in [4.69, 9.17) is 9.47 Å². The third kappa shape index (κ3) is 4.01. The molecule has 0 spiro atoms. The fourth-order valence-electron chi connectivity index (χ4n) is 2.19. The fourth-order valence-corrected chi connectivity index (χ4v) is 3.00. The Hall–Kier alpha value is -2.78. The Morgan fingerprint density at radius 2 is 2.08 bits per heavy atom. The van der Waals surface area contributed by atoms with Crippen molar-refractivity contribution in [3.05, 3.63) is 40.5 Å². The van der Waals surface area contributed by atoms with Crippen LogP contribution in [-0.2, 0) is 16.1 Å². The van der Waals surface area contributed by atoms with Crippen LogP contribution in [0, 0.1) is 6.92 Å². The second-order valence-corrected chi connectivity index (χ2v) is 6.16. The highest BCUT2D eigenvalue weighted by Gasteiger charge is 2.14. The fraction of sp³-hybridized carbons (Fsp3) is 0.250. The second-order valence-electron chi connectivity index (χ2n) is 5.25. The molecule has 2 N–H and O–H groups in total. The minimum absolute atomic E-state index is 0.346. The Kier molecular flexibility index (Phi) is 5.05. The first-order valence-corrected chi connectivity index (χ1v) is 8.30. The van der Waals surface area contributed by atoms with Gasteiger partial charge in [0.2, 0.25) is 0 Å². The van der Waals surface area contributed by atoms with Gasteiger partial charge in [0.1, 0.15) is 5.82 Å². The third-order valence-electron chi connectivity index (χ3n) is 3.27. The average Bonchev–Trinajstić information content (AvgIpc) is 3.23. The normalized spacial score (nSPS) is 10.7. The van der Waals surface area contributed by atoms with E-state index in [-0.39, 0.29) is 5.97 Å². The Bertz CT molecular complexity index is 890. The van der Waals surface area contributed by atoms with Crippen molar-refractivity contribution >= 4 is 28.9 Å². The SMILES string of the molecule is COCc1cc(Nc2cc(C)[nH]n2)nc(-c2cc(C(=O)OC)cs2)n1. The molecule has 0 aliphatic heterocycles. The van der Waals surface area contributed by atoms with Crippen molar-refractivity contribution in [1.82, 2.24) is 20.2 Å². The van der Waals surface area contributed by atoms with Gasteiger partial charge in [-0.05, 0) is 13.0 Å². The van der Waals surface area contributed by atoms with E-state index in [1.807, 2.05) is 13.0 Å². The lowest BCUT2D eigenvalue weighted by Crippen LogP contribution is -2.02. The summed E-state index contributed by atoms with van der Waals surface area (Å²) in [6, 6.07) is 5.38. The van der Waals surface area contributed by atoms with Crippen LogP contribution >= 0.6 is 11.3 Å². The summed E-state index contributed by atoms with van der Waals surface area (Å²) in [6.07, 6.45) is 0. The number of aryl methyl sites for hydroxylation is 1. The summed E-state index contributed by atoms with van der Waals surface area (Å²) in [4.78, 5) is 21.4. The number of methoxy groups -OCH3 is 2. The maximum atomic E-state index is 11.6. The zero-order valence-corrected chi connectivity index (χ0v) is 14.8. The number of hydrogen-bond acceptors (Lipinski definition) is 8. The van der Waals surface area contributed by atoms with E-state index in [0.29, 0.717) is 29.6 Å². The highest BCUT2D eigenvalue weighted by atomic mass is 32.1. The molecule has 0 radical (unpaired) electrons. The molecule has 0 bridgehead atoms. The lowest BCUT2D eigenvalue weighted by Gasteiger charge is -2.07. The van der Waals surface area contributed by atoms with Crippen molar-refractivity contribution in [3.63, 3.8) is 0 Å². The number of nitrogens with one attached hydrogen (secondary N) is 2. The Balaban J connectivity index is 1.94. The first-order chi connectivity index (χ1) is 12.1. The summed E-state index contributed by atoms with van der Waals surface area (Å²) in [7, 11) is 2.95. The molecule has 0 aliphatic rings. The number of anilines is 2. The number of carbonyl (C=O) groups excluding carboxylic acids is 1. The van der Waals surface area contributed by atoms with E-state index in [1.165, 1.54) is 18.4 Å². The minimum atomic E-state index is -0.388. The molecule has 25 heavy (non-hydrogen) atoms. The molecule has 3 aromatic rings. The predicted octanol–water partition coefficient (Wildman–Crippen LogP) is 2.91. The summed E-state index contributed by atoms with van der Waals surface area (Å²) in [6.45, 7) is 2.26. The molecule has 0 amide bonds. The number of aromatic amines is 1. The van der Waals surface area contributed by atoms with Crippen LogP contribution in [0.5, 0.6) is 0 Å². The molecule has 0 aromatic carbocycles. The lowest BCUT2D eigenvalue weighted by atomic mass is 10.3. The first-order valence-electron chi connectivity index (χ1n) is 7.42. The number of nitrogens with zero attached hydrogens (tertiary/aromatic N) is 3. The van der Waals surface area contributed by atoms with Gasteiger partial charge in [-0.25, -0.2) is 14.8 Å². The smallest absolute Gasteiger partial charge is 0.338 e. The predicted molar refractivity (Wildman–Crippen MR) is 94.0 cm³/mol. The highest BCUT2D eigenvalue weighted by molar-refractivity contribution is 7.13. The minimum Gasteiger partial charge on any atom is -0.465 e. The molecular formula is C16H17N5O3S. The van der Waals surface area contributed by atoms with Crippen LogP contribution < -0.4 is 5.32 Å². The van der Waals surface area contributed by atoms with E-state index in [2.05, 4.69) is 25.5 Å². The van der Waals surface area contributed by atoms with Gasteiger partial charge in [-0.3, -0.25) is 5.10 Å². The number of rotatable bonds is 6. The molecule has 0 saturated heterocycles. The first kappa shape index (κ1) is 17.1. The van der Waals surface area contributed by atoms with Crippen LogP contribution in [-0.4, -0.2) is 40.4 Å². The van der Waals surface area contributed by atoms with Gasteiger partial charge in [0.25, 0.3) is 0 Å². The quantitative estimate of drug-likeness (QED) is 0.652. The zero-order valence-electron chi connectivity index (χ0n) is 14.0. The topological polar surface area (TPSA) is 102 Å². The van der Waals surface area contributed by atoms with Gasteiger partial charge in [0.05, 0.1) is 29.9 Å². The van der Waals surface area contributed by atoms with Crippen molar-refractivity contribution in [2.24, 2.45) is 0 Å². The molecule has 3 aromatic heterocycles. The van der Waals surface area contributed by atoms with Crippen molar-refractivity contribution in [1.29, 1.82) is 0 Å². The van der Waals surface area contributed by atoms with Crippen molar-refractivity contribution in [2.75, 3.05) is 19.5 Å². The molecule has 8 nitrogen and oxygen atoms in total. The number of thiophene rings is 1. The molecule has 3 rings (SSSR count). The van der Waals surface area contributed by atoms with Crippen LogP contribution in [0.15, 0.2) is 23.6 Å². The third-order valence-corrected chi connectivity index (χ3v) is 4.20. The molecule has 9 heteroatoms. The number of ether oxygens (including phenoxy) is 2. The summed E-state index contributed by atoms with van der Waals surface area (Å²) >= 11 is 1.38. The zero-order chi connectivity index (χ0) is 17.8. The summed E-state index contributed by atoms with van der Waals surface area (Å²) in [5.41, 5.74) is 2.13. The van der Waals surface area contributed by atoms with Crippen LogP contribution in [0.1, 0.15) is 21.7 Å². The van der Waals surface area contributed by atoms with Gasteiger partial charge in [-0.2, -0.15) is 5.10 Å². The van der Waals surface area contributed by atoms with Crippen molar-refractivity contribution in [3.8, 4) is 10.7 Å². The second kappa shape index (κ2) is 7.41. The van der Waals surface area contributed by atoms with Gasteiger partial charge in [-0.1, -0.05) is 0 Å². The van der Waals surface area contributed by atoms with Gasteiger partial charge in [-0.15, -0.1) is 11.3 Å². The van der Waals surface area contributed by atoms with Crippen LogP contribution in [0.2, 0.25) is 0 Å². The molecule has 0 unspecified atom stereocenters. The standard InChI is InChI=1S/C16H17N5O3S/c1-9-4-14(21-20-9)18-13-6-11(7-23-2)17-15(19-13)12-5-10(8-25-12)16(22)24-3/h4-6,8H,7H2,1-3H3,(H2,17,18,19,20,21). The van der Waals surface area contributed by atoms with Gasteiger partial charge in [0, 0.05) is 30.3 Å². The lowest BCUT2D eigenvalue weighted by molar-refractivity contribution is 0.0601. The molecule has 0 fully saturated rings. The average molecular weight is 359 g/mol. The van der Waals surface area contributed by atoms with E-state index in [1.54, 1.807) is 24.6 Å². The number of carbonyl (C=O) groups is 1. The number of esters is 1. The molecule has 0 saturated carbocycles. The molecule has 3 heterocycles. The highest BCUT2D eigenvalue weighted by Crippen LogP contribution is 2.27. The molecule has 0 atom stereocenters. The largest absolute Gasteiger partial charge is 0.465 e. The van der Waals surface area contributed by atoms with Crippen LogP contribution in [0.3, 0.4) is 0 Å². The Labute approximate surface area is 148 Å². The van der Waals surface area contributed by atoms with Crippen molar-refractivity contribution in [2.45, 2.75) is 13.5 Å². The Morgan fingerprint density at radius 1 is 1.24 bits per heavy atom. The summed E-state index contributed by atoms with van der Waals surface area (Å²) < 4.78 is 9.91. The molecule has 130 valence electrons. The van der Waals surface area contributed by atoms with Crippen molar-refractivity contribution < 1.29 is 14.3 Å². The number of aromatic nitrogens is 4. The van der Waals surface area contributed by atoms with E-state index in [0.717, 1.165) is 16.3 Å². The number of hydrogen-bond donors (Lipinski definition) is 2. The van der Waals surface area contributed by atoms with E-state index < -0.39 is 0 Å². The van der Waals surface area contributed by atoms with Crippen LogP contribution in [0.25, 0.3) is 10.7 Å². The summed E-state index contributed by atoms with van der Waals surface area (Å²) in [5, 5.41) is 11.9. The van der Waals surface area contributed by atoms with Gasteiger partial charge >= 0.3 is 5.97 Å². The summed E-state index contributed by atoms with van der Waals surface area (Å²) in [5.74, 6) is 1.37. The van der Waals surface area contributed by atoms with Gasteiger partial charge in [0.15, 0.2) is 11.6 Å². The maximum absolute atomic E-state index is 11.6. The molecule has 0 aliphatic carbocycles. The van der Waals surface area contributed by atoms with Gasteiger partial charge < -0.3 is 14.8 Å². The van der Waals surface area contributed by atoms with E-state index in [9.17, 15) is 4.79 Å². The maximum Gasteiger partial charge on any atom is 0.338 e. The number of H-pyrrole nitrogens is 1. The van der Waals surface area contributed by atoms with E-state index >= 15 is 0 Å². The van der Waals surface area contributed by atoms with Crippen LogP contribution in [0.4, 0.5) is 11.6 Å². The monoisotopic (exact) mass is 359 g/mol. The Morgan fingerprint density at radius 3 is 2.76 bits per heavy atom.